The van der Waals surface area contributed by atoms with E-state index >= 15 is 0 Å². The number of hydrogen-bond acceptors (Lipinski definition) is 7. The number of nitrogens with zero attached hydrogens (tertiary/aromatic N) is 3. The molecule has 2 aromatic heterocycles. The number of sulfone groups is 1. The van der Waals surface area contributed by atoms with E-state index in [1.54, 1.807) is 18.5 Å². The number of rotatable bonds is 5. The molecule has 3 rings (SSSR count). The molecule has 3 heterocycles. The zero-order valence-electron chi connectivity index (χ0n) is 12.8. The Kier molecular flexibility index (Phi) is 4.70. The molecule has 9 heteroatoms. The van der Waals surface area contributed by atoms with Gasteiger partial charge in [-0.15, -0.1) is 0 Å². The first kappa shape index (κ1) is 16.3. The monoisotopic (exact) mass is 347 g/mol. The zero-order chi connectivity index (χ0) is 17.0. The molecule has 0 aliphatic carbocycles. The van der Waals surface area contributed by atoms with E-state index in [1.165, 1.54) is 12.4 Å². The van der Waals surface area contributed by atoms with Gasteiger partial charge in [0.05, 0.1) is 23.9 Å². The topological polar surface area (TPSA) is 114 Å². The van der Waals surface area contributed by atoms with Crippen molar-refractivity contribution < 1.29 is 13.2 Å². The lowest BCUT2D eigenvalue weighted by Gasteiger charge is -2.11. The smallest absolute Gasteiger partial charge is 0.271 e. The summed E-state index contributed by atoms with van der Waals surface area (Å²) in [5.74, 6) is 0.414. The number of aromatic nitrogens is 3. The molecule has 8 nitrogen and oxygen atoms in total. The van der Waals surface area contributed by atoms with Gasteiger partial charge in [0, 0.05) is 25.0 Å². The van der Waals surface area contributed by atoms with Crippen LogP contribution in [0.5, 0.6) is 0 Å². The molecule has 126 valence electrons. The van der Waals surface area contributed by atoms with Crippen LogP contribution >= 0.6 is 0 Å². The van der Waals surface area contributed by atoms with Crippen molar-refractivity contribution >= 4 is 21.6 Å². The highest BCUT2D eigenvalue weighted by atomic mass is 32.2. The van der Waals surface area contributed by atoms with Crippen molar-refractivity contribution in [3.8, 4) is 0 Å². The summed E-state index contributed by atoms with van der Waals surface area (Å²) < 4.78 is 22.9. The van der Waals surface area contributed by atoms with Crippen molar-refractivity contribution in [3.63, 3.8) is 0 Å². The van der Waals surface area contributed by atoms with Crippen LogP contribution in [0.15, 0.2) is 36.9 Å². The van der Waals surface area contributed by atoms with Crippen LogP contribution < -0.4 is 10.6 Å². The highest BCUT2D eigenvalue weighted by molar-refractivity contribution is 7.91. The maximum absolute atomic E-state index is 12.0. The average Bonchev–Trinajstić information content (AvgIpc) is 2.93. The summed E-state index contributed by atoms with van der Waals surface area (Å²) in [5.41, 5.74) is 1.09. The van der Waals surface area contributed by atoms with E-state index in [9.17, 15) is 13.2 Å². The van der Waals surface area contributed by atoms with Gasteiger partial charge in [-0.1, -0.05) is 6.07 Å². The van der Waals surface area contributed by atoms with Gasteiger partial charge in [0.1, 0.15) is 11.5 Å². The van der Waals surface area contributed by atoms with Crippen LogP contribution in [-0.2, 0) is 16.4 Å². The van der Waals surface area contributed by atoms with Gasteiger partial charge in [-0.25, -0.2) is 18.4 Å². The summed E-state index contributed by atoms with van der Waals surface area (Å²) in [6.07, 6.45) is 6.69. The average molecular weight is 347 g/mol. The first-order valence-electron chi connectivity index (χ1n) is 7.48. The fourth-order valence-corrected chi connectivity index (χ4v) is 4.09. The molecule has 0 bridgehead atoms. The van der Waals surface area contributed by atoms with E-state index in [0.717, 1.165) is 5.56 Å². The Balaban J connectivity index is 1.55. The van der Waals surface area contributed by atoms with Gasteiger partial charge in [-0.3, -0.25) is 9.78 Å². The third kappa shape index (κ3) is 4.25. The first-order chi connectivity index (χ1) is 11.5. The number of carbonyl (C=O) groups excluding carboxylic acids is 1. The predicted octanol–water partition coefficient (Wildman–Crippen LogP) is 0.401. The standard InChI is InChI=1S/C15H17N5O3S/c21-15(19-7-11-2-1-4-16-6-11)13-8-18-14(9-17-13)20-12-3-5-24(22,23)10-12/h1-2,4,6,8-9,12H,3,5,7,10H2,(H,18,20)(H,19,21). The van der Waals surface area contributed by atoms with Gasteiger partial charge < -0.3 is 10.6 Å². The summed E-state index contributed by atoms with van der Waals surface area (Å²) in [5, 5.41) is 5.77. The molecule has 1 saturated heterocycles. The van der Waals surface area contributed by atoms with E-state index in [1.807, 2.05) is 6.07 Å². The Bertz CT molecular complexity index is 809. The minimum absolute atomic E-state index is 0.0992. The lowest BCUT2D eigenvalue weighted by atomic mass is 10.2. The van der Waals surface area contributed by atoms with Crippen molar-refractivity contribution in [1.82, 2.24) is 20.3 Å². The van der Waals surface area contributed by atoms with Crippen LogP contribution in [0.4, 0.5) is 5.82 Å². The van der Waals surface area contributed by atoms with Crippen molar-refractivity contribution in [2.75, 3.05) is 16.8 Å². The van der Waals surface area contributed by atoms with Crippen molar-refractivity contribution in [3.05, 3.63) is 48.2 Å². The molecular weight excluding hydrogens is 330 g/mol. The molecule has 1 fully saturated rings. The summed E-state index contributed by atoms with van der Waals surface area (Å²) in [6, 6.07) is 3.50. The van der Waals surface area contributed by atoms with Crippen molar-refractivity contribution in [1.29, 1.82) is 0 Å². The van der Waals surface area contributed by atoms with Crippen LogP contribution in [0, 0.1) is 0 Å². The third-order valence-electron chi connectivity index (χ3n) is 3.64. The molecule has 0 spiro atoms. The fraction of sp³-hybridized carbons (Fsp3) is 0.333. The largest absolute Gasteiger partial charge is 0.365 e. The van der Waals surface area contributed by atoms with E-state index in [4.69, 9.17) is 0 Å². The van der Waals surface area contributed by atoms with Crippen LogP contribution in [-0.4, -0.2) is 46.8 Å². The molecule has 1 aliphatic rings. The van der Waals surface area contributed by atoms with E-state index in [-0.39, 0.29) is 29.1 Å². The van der Waals surface area contributed by atoms with E-state index in [2.05, 4.69) is 25.6 Å². The van der Waals surface area contributed by atoms with Gasteiger partial charge in [0.15, 0.2) is 9.84 Å². The van der Waals surface area contributed by atoms with E-state index in [0.29, 0.717) is 18.8 Å². The zero-order valence-corrected chi connectivity index (χ0v) is 13.7. The Labute approximate surface area is 139 Å². The molecule has 1 amide bonds. The summed E-state index contributed by atoms with van der Waals surface area (Å²) in [4.78, 5) is 24.2. The molecule has 0 radical (unpaired) electrons. The summed E-state index contributed by atoms with van der Waals surface area (Å²) >= 11 is 0. The van der Waals surface area contributed by atoms with Crippen molar-refractivity contribution in [2.45, 2.75) is 19.0 Å². The van der Waals surface area contributed by atoms with Crippen molar-refractivity contribution in [2.24, 2.45) is 0 Å². The second kappa shape index (κ2) is 6.91. The normalized spacial score (nSPS) is 18.9. The Hall–Kier alpha value is -2.55. The van der Waals surface area contributed by atoms with Gasteiger partial charge in [-0.05, 0) is 18.1 Å². The van der Waals surface area contributed by atoms with Crippen LogP contribution in [0.25, 0.3) is 0 Å². The minimum Gasteiger partial charge on any atom is -0.365 e. The van der Waals surface area contributed by atoms with Gasteiger partial charge in [0.25, 0.3) is 5.91 Å². The SMILES string of the molecule is O=C(NCc1cccnc1)c1cnc(NC2CCS(=O)(=O)C2)cn1. The van der Waals surface area contributed by atoms with Crippen LogP contribution in [0.1, 0.15) is 22.5 Å². The molecule has 0 aromatic carbocycles. The number of hydrogen-bond donors (Lipinski definition) is 2. The molecule has 2 N–H and O–H groups in total. The number of carbonyl (C=O) groups is 1. The highest BCUT2D eigenvalue weighted by Crippen LogP contribution is 2.15. The molecule has 1 unspecified atom stereocenters. The number of nitrogens with one attached hydrogen (secondary N) is 2. The minimum atomic E-state index is -2.95. The molecule has 24 heavy (non-hydrogen) atoms. The number of anilines is 1. The van der Waals surface area contributed by atoms with E-state index < -0.39 is 9.84 Å². The molecule has 1 atom stereocenters. The van der Waals surface area contributed by atoms with Gasteiger partial charge in [0.2, 0.25) is 0 Å². The quantitative estimate of drug-likeness (QED) is 0.804. The lowest BCUT2D eigenvalue weighted by molar-refractivity contribution is 0.0945. The molecule has 0 saturated carbocycles. The fourth-order valence-electron chi connectivity index (χ4n) is 2.41. The van der Waals surface area contributed by atoms with Gasteiger partial charge >= 0.3 is 0 Å². The lowest BCUT2D eigenvalue weighted by Crippen LogP contribution is -2.25. The molecule has 1 aliphatic heterocycles. The summed E-state index contributed by atoms with van der Waals surface area (Å²) in [7, 11) is -2.95. The Morgan fingerprint density at radius 1 is 1.25 bits per heavy atom. The maximum atomic E-state index is 12.0. The maximum Gasteiger partial charge on any atom is 0.271 e. The number of amides is 1. The van der Waals surface area contributed by atoms with Gasteiger partial charge in [-0.2, -0.15) is 0 Å². The predicted molar refractivity (Wildman–Crippen MR) is 88.1 cm³/mol. The molecule has 2 aromatic rings. The van der Waals surface area contributed by atoms with Crippen LogP contribution in [0.3, 0.4) is 0 Å². The summed E-state index contributed by atoms with van der Waals surface area (Å²) in [6.45, 7) is 0.355. The Morgan fingerprint density at radius 3 is 2.75 bits per heavy atom. The van der Waals surface area contributed by atoms with Crippen LogP contribution in [0.2, 0.25) is 0 Å². The Morgan fingerprint density at radius 2 is 2.12 bits per heavy atom. The third-order valence-corrected chi connectivity index (χ3v) is 5.41. The number of pyridine rings is 1. The first-order valence-corrected chi connectivity index (χ1v) is 9.30. The molecular formula is C15H17N5O3S. The second-order valence-electron chi connectivity index (χ2n) is 5.58. The highest BCUT2D eigenvalue weighted by Gasteiger charge is 2.27. The second-order valence-corrected chi connectivity index (χ2v) is 7.80.